The van der Waals surface area contributed by atoms with E-state index in [9.17, 15) is 0 Å². The highest BCUT2D eigenvalue weighted by Crippen LogP contribution is 2.22. The molecule has 0 spiro atoms. The molecule has 0 heterocycles. The molecular weight excluding hydrogens is 272 g/mol. The average Bonchev–Trinajstić information content (AvgIpc) is 2.40. The molecule has 3 nitrogen and oxygen atoms in total. The van der Waals surface area contributed by atoms with Crippen molar-refractivity contribution in [2.24, 2.45) is 5.16 Å². The predicted molar refractivity (Wildman–Crippen MR) is 84.4 cm³/mol. The molecule has 2 N–H and O–H groups in total. The van der Waals surface area contributed by atoms with Crippen molar-refractivity contribution in [1.29, 1.82) is 0 Å². The summed E-state index contributed by atoms with van der Waals surface area (Å²) in [6.07, 6.45) is 0. The molecule has 0 radical (unpaired) electrons. The highest BCUT2D eigenvalue weighted by molar-refractivity contribution is 6.31. The van der Waals surface area contributed by atoms with Crippen molar-refractivity contribution in [1.82, 2.24) is 0 Å². The summed E-state index contributed by atoms with van der Waals surface area (Å²) in [6.45, 7) is 3.97. The minimum atomic E-state index is 0.663. The summed E-state index contributed by atoms with van der Waals surface area (Å²) < 4.78 is 0. The summed E-state index contributed by atoms with van der Waals surface area (Å²) in [5.41, 5.74) is 11.4. The van der Waals surface area contributed by atoms with Crippen molar-refractivity contribution < 1.29 is 4.84 Å². The lowest BCUT2D eigenvalue weighted by Gasteiger charge is -2.12. The van der Waals surface area contributed by atoms with E-state index >= 15 is 0 Å². The van der Waals surface area contributed by atoms with Crippen LogP contribution in [0, 0.1) is 13.8 Å². The number of anilines is 1. The van der Waals surface area contributed by atoms with Crippen molar-refractivity contribution in [3.63, 3.8) is 0 Å². The van der Waals surface area contributed by atoms with E-state index in [0.29, 0.717) is 5.02 Å². The third-order valence-electron chi connectivity index (χ3n) is 3.15. The molecule has 0 aliphatic rings. The Morgan fingerprint density at radius 1 is 1.15 bits per heavy atom. The van der Waals surface area contributed by atoms with Gasteiger partial charge in [0.1, 0.15) is 12.8 Å². The Kier molecular flexibility index (Phi) is 4.30. The van der Waals surface area contributed by atoms with Gasteiger partial charge in [0.25, 0.3) is 0 Å². The maximum atomic E-state index is 6.06. The number of nitrogens with zero attached hydrogens (tertiary/aromatic N) is 1. The van der Waals surface area contributed by atoms with Gasteiger partial charge in [-0.25, -0.2) is 0 Å². The van der Waals surface area contributed by atoms with Gasteiger partial charge in [0.15, 0.2) is 0 Å². The largest absolute Gasteiger partial charge is 0.399 e. The second-order valence-corrected chi connectivity index (χ2v) is 5.09. The lowest BCUT2D eigenvalue weighted by atomic mass is 9.96. The van der Waals surface area contributed by atoms with E-state index in [4.69, 9.17) is 22.2 Å². The molecule has 2 aromatic carbocycles. The van der Waals surface area contributed by atoms with E-state index in [1.54, 1.807) is 0 Å². The first-order valence-electron chi connectivity index (χ1n) is 6.27. The van der Waals surface area contributed by atoms with Crippen LogP contribution in [0.25, 0.3) is 0 Å². The van der Waals surface area contributed by atoms with Crippen LogP contribution in [0.4, 0.5) is 5.69 Å². The maximum absolute atomic E-state index is 6.06. The van der Waals surface area contributed by atoms with E-state index in [-0.39, 0.29) is 0 Å². The minimum Gasteiger partial charge on any atom is -0.399 e. The third kappa shape index (κ3) is 2.94. The highest BCUT2D eigenvalue weighted by atomic mass is 35.5. The smallest absolute Gasteiger partial charge is 0.117 e. The lowest BCUT2D eigenvalue weighted by molar-refractivity contribution is 0.214. The van der Waals surface area contributed by atoms with Crippen molar-refractivity contribution in [2.45, 2.75) is 13.8 Å². The second kappa shape index (κ2) is 5.97. The second-order valence-electron chi connectivity index (χ2n) is 4.66. The van der Waals surface area contributed by atoms with E-state index in [1.807, 2.05) is 50.2 Å². The molecule has 4 heteroatoms. The summed E-state index contributed by atoms with van der Waals surface area (Å²) in [4.78, 5) is 4.99. The summed E-state index contributed by atoms with van der Waals surface area (Å²) in [5.74, 6) is 0. The van der Waals surface area contributed by atoms with Gasteiger partial charge in [0, 0.05) is 21.8 Å². The number of rotatable bonds is 3. The molecule has 0 bridgehead atoms. The van der Waals surface area contributed by atoms with Crippen molar-refractivity contribution in [2.75, 3.05) is 12.8 Å². The number of benzene rings is 2. The molecule has 20 heavy (non-hydrogen) atoms. The number of aryl methyl sites for hydroxylation is 2. The number of oxime groups is 1. The standard InChI is InChI=1S/C16H17ClN2O/c1-10-8-15(18)11(2)7-14(10)16(19-20-3)12-5-4-6-13(17)9-12/h4-9H,18H2,1-3H3/b19-16+. The molecule has 104 valence electrons. The van der Waals surface area contributed by atoms with Crippen LogP contribution < -0.4 is 5.73 Å². The van der Waals surface area contributed by atoms with Crippen molar-refractivity contribution in [3.05, 3.63) is 63.7 Å². The van der Waals surface area contributed by atoms with Crippen LogP contribution in [0.5, 0.6) is 0 Å². The van der Waals surface area contributed by atoms with Gasteiger partial charge in [-0.05, 0) is 49.2 Å². The van der Waals surface area contributed by atoms with E-state index in [0.717, 1.165) is 33.7 Å². The summed E-state index contributed by atoms with van der Waals surface area (Å²) in [6, 6.07) is 11.5. The van der Waals surface area contributed by atoms with Gasteiger partial charge in [-0.3, -0.25) is 0 Å². The summed E-state index contributed by atoms with van der Waals surface area (Å²) in [7, 11) is 1.53. The molecule has 0 fully saturated rings. The van der Waals surface area contributed by atoms with E-state index < -0.39 is 0 Å². The Morgan fingerprint density at radius 2 is 1.90 bits per heavy atom. The summed E-state index contributed by atoms with van der Waals surface area (Å²) in [5, 5.41) is 4.82. The van der Waals surface area contributed by atoms with E-state index in [2.05, 4.69) is 5.16 Å². The highest BCUT2D eigenvalue weighted by Gasteiger charge is 2.13. The first kappa shape index (κ1) is 14.4. The van der Waals surface area contributed by atoms with Gasteiger partial charge >= 0.3 is 0 Å². The number of nitrogens with two attached hydrogens (primary N) is 1. The van der Waals surface area contributed by atoms with Crippen LogP contribution in [-0.4, -0.2) is 12.8 Å². The maximum Gasteiger partial charge on any atom is 0.117 e. The molecule has 0 aliphatic heterocycles. The van der Waals surface area contributed by atoms with Crippen LogP contribution in [0.15, 0.2) is 41.6 Å². The Bertz CT molecular complexity index is 666. The fourth-order valence-corrected chi connectivity index (χ4v) is 2.27. The third-order valence-corrected chi connectivity index (χ3v) is 3.38. The van der Waals surface area contributed by atoms with Gasteiger partial charge in [-0.1, -0.05) is 28.9 Å². The van der Waals surface area contributed by atoms with Crippen LogP contribution in [0.1, 0.15) is 22.3 Å². The first-order chi connectivity index (χ1) is 9.52. The topological polar surface area (TPSA) is 47.6 Å². The van der Waals surface area contributed by atoms with Gasteiger partial charge in [-0.15, -0.1) is 0 Å². The van der Waals surface area contributed by atoms with Gasteiger partial charge in [0.05, 0.1) is 0 Å². The summed E-state index contributed by atoms with van der Waals surface area (Å²) >= 11 is 6.06. The molecule has 2 aromatic rings. The fourth-order valence-electron chi connectivity index (χ4n) is 2.08. The number of halogens is 1. The molecule has 2 rings (SSSR count). The van der Waals surface area contributed by atoms with Gasteiger partial charge in [0.2, 0.25) is 0 Å². The van der Waals surface area contributed by atoms with Gasteiger partial charge in [-0.2, -0.15) is 0 Å². The van der Waals surface area contributed by atoms with Crippen LogP contribution in [0.2, 0.25) is 5.02 Å². The first-order valence-corrected chi connectivity index (χ1v) is 6.65. The van der Waals surface area contributed by atoms with Crippen LogP contribution in [0.3, 0.4) is 0 Å². The normalized spacial score (nSPS) is 11.5. The van der Waals surface area contributed by atoms with Crippen LogP contribution in [-0.2, 0) is 4.84 Å². The fraction of sp³-hybridized carbons (Fsp3) is 0.188. The quantitative estimate of drug-likeness (QED) is 0.528. The zero-order valence-electron chi connectivity index (χ0n) is 11.8. The molecule has 0 amide bonds. The Morgan fingerprint density at radius 3 is 2.55 bits per heavy atom. The zero-order valence-corrected chi connectivity index (χ0v) is 12.5. The molecule has 0 unspecified atom stereocenters. The Hall–Kier alpha value is -2.00. The molecule has 0 saturated carbocycles. The van der Waals surface area contributed by atoms with Crippen molar-refractivity contribution >= 4 is 23.0 Å². The monoisotopic (exact) mass is 288 g/mol. The molecule has 0 atom stereocenters. The Labute approximate surface area is 124 Å². The zero-order chi connectivity index (χ0) is 14.7. The molecule has 0 aromatic heterocycles. The van der Waals surface area contributed by atoms with Crippen molar-refractivity contribution in [3.8, 4) is 0 Å². The molecule has 0 aliphatic carbocycles. The molecule has 0 saturated heterocycles. The number of hydrogen-bond donors (Lipinski definition) is 1. The van der Waals surface area contributed by atoms with Crippen LogP contribution >= 0.6 is 11.6 Å². The predicted octanol–water partition coefficient (Wildman–Crippen LogP) is 3.94. The number of nitrogen functional groups attached to an aromatic ring is 1. The number of hydrogen-bond acceptors (Lipinski definition) is 3. The SMILES string of the molecule is CO/N=C(\c1cccc(Cl)c1)c1cc(C)c(N)cc1C. The van der Waals surface area contributed by atoms with E-state index in [1.165, 1.54) is 7.11 Å². The Balaban J connectivity index is 2.61. The molecular formula is C16H17ClN2O. The van der Waals surface area contributed by atoms with Gasteiger partial charge < -0.3 is 10.6 Å². The average molecular weight is 289 g/mol. The minimum absolute atomic E-state index is 0.663. The lowest BCUT2D eigenvalue weighted by Crippen LogP contribution is -2.08.